The lowest BCUT2D eigenvalue weighted by Gasteiger charge is -2.22. The number of ether oxygens (including phenoxy) is 1. The van der Waals surface area contributed by atoms with Crippen molar-refractivity contribution in [3.05, 3.63) is 70.3 Å². The maximum Gasteiger partial charge on any atom is 0.258 e. The molecular formula is C25H28N4O4. The summed E-state index contributed by atoms with van der Waals surface area (Å²) in [6.07, 6.45) is 2.86. The molecule has 0 bridgehead atoms. The van der Waals surface area contributed by atoms with E-state index in [2.05, 4.69) is 22.2 Å². The fourth-order valence-electron chi connectivity index (χ4n) is 3.91. The molecule has 1 saturated heterocycles. The number of rotatable bonds is 8. The Labute approximate surface area is 192 Å². The third-order valence-electron chi connectivity index (χ3n) is 5.67. The van der Waals surface area contributed by atoms with E-state index in [0.29, 0.717) is 47.6 Å². The fourth-order valence-corrected chi connectivity index (χ4v) is 3.91. The first-order chi connectivity index (χ1) is 16.0. The Kier molecular flexibility index (Phi) is 7.14. The predicted octanol–water partition coefficient (Wildman–Crippen LogP) is 3.48. The van der Waals surface area contributed by atoms with Crippen molar-refractivity contribution >= 4 is 28.4 Å². The topological polar surface area (TPSA) is 104 Å². The monoisotopic (exact) mass is 448 g/mol. The Balaban J connectivity index is 1.54. The zero-order valence-corrected chi connectivity index (χ0v) is 18.7. The number of aromatic amines is 1. The van der Waals surface area contributed by atoms with Crippen LogP contribution in [0.2, 0.25) is 0 Å². The Bertz CT molecular complexity index is 1200. The molecule has 0 radical (unpaired) electrons. The number of amides is 2. The first-order valence-electron chi connectivity index (χ1n) is 11.3. The molecule has 3 aromatic rings. The number of aromatic nitrogens is 2. The Morgan fingerprint density at radius 2 is 2.06 bits per heavy atom. The number of nitrogens with zero attached hydrogens (tertiary/aromatic N) is 2. The largest absolute Gasteiger partial charge is 0.368 e. The number of fused-ring (bicyclic) bond motifs is 1. The van der Waals surface area contributed by atoms with E-state index in [1.165, 1.54) is 0 Å². The van der Waals surface area contributed by atoms with E-state index in [1.807, 2.05) is 6.07 Å². The quantitative estimate of drug-likeness (QED) is 0.549. The molecule has 0 saturated carbocycles. The van der Waals surface area contributed by atoms with E-state index in [0.717, 1.165) is 19.3 Å². The van der Waals surface area contributed by atoms with Gasteiger partial charge in [0, 0.05) is 24.4 Å². The van der Waals surface area contributed by atoms with Crippen LogP contribution in [0.4, 0.5) is 5.69 Å². The number of carbonyl (C=O) groups excluding carboxylic acids is 2. The highest BCUT2D eigenvalue weighted by atomic mass is 16.5. The van der Waals surface area contributed by atoms with Gasteiger partial charge in [0.2, 0.25) is 0 Å². The molecule has 1 aliphatic rings. The summed E-state index contributed by atoms with van der Waals surface area (Å²) in [4.78, 5) is 47.2. The van der Waals surface area contributed by atoms with Gasteiger partial charge >= 0.3 is 0 Å². The highest BCUT2D eigenvalue weighted by Gasteiger charge is 2.24. The second kappa shape index (κ2) is 10.4. The van der Waals surface area contributed by atoms with Crippen molar-refractivity contribution < 1.29 is 14.3 Å². The van der Waals surface area contributed by atoms with Gasteiger partial charge in [-0.1, -0.05) is 31.5 Å². The molecule has 2 N–H and O–H groups in total. The van der Waals surface area contributed by atoms with E-state index < -0.39 is 6.10 Å². The number of unbranched alkanes of at least 4 members (excludes halogenated alkanes) is 1. The van der Waals surface area contributed by atoms with Crippen molar-refractivity contribution in [3.8, 4) is 0 Å². The van der Waals surface area contributed by atoms with Gasteiger partial charge in [0.1, 0.15) is 11.9 Å². The molecule has 4 rings (SSSR count). The number of nitrogens with one attached hydrogen (secondary N) is 2. The van der Waals surface area contributed by atoms with E-state index >= 15 is 0 Å². The van der Waals surface area contributed by atoms with Gasteiger partial charge in [-0.3, -0.25) is 14.4 Å². The van der Waals surface area contributed by atoms with Gasteiger partial charge in [-0.25, -0.2) is 4.98 Å². The van der Waals surface area contributed by atoms with E-state index in [-0.39, 0.29) is 23.9 Å². The molecule has 2 heterocycles. The number of carbonyl (C=O) groups is 2. The molecule has 0 spiro atoms. The zero-order chi connectivity index (χ0) is 23.2. The molecule has 1 atom stereocenters. The lowest BCUT2D eigenvalue weighted by molar-refractivity contribution is -0.124. The van der Waals surface area contributed by atoms with Crippen molar-refractivity contribution in [2.75, 3.05) is 18.5 Å². The van der Waals surface area contributed by atoms with Gasteiger partial charge in [0.15, 0.2) is 0 Å². The third-order valence-corrected chi connectivity index (χ3v) is 5.67. The molecule has 0 aliphatic carbocycles. The third kappa shape index (κ3) is 5.46. The Hall–Kier alpha value is -3.52. The number of hydrogen-bond donors (Lipinski definition) is 2. The maximum atomic E-state index is 13.4. The number of hydrogen-bond acceptors (Lipinski definition) is 5. The van der Waals surface area contributed by atoms with Crippen molar-refractivity contribution in [1.82, 2.24) is 14.9 Å². The fraction of sp³-hybridized carbons (Fsp3) is 0.360. The number of anilines is 1. The molecule has 8 nitrogen and oxygen atoms in total. The van der Waals surface area contributed by atoms with Crippen LogP contribution in [0.1, 0.15) is 48.8 Å². The summed E-state index contributed by atoms with van der Waals surface area (Å²) < 4.78 is 5.43. The summed E-state index contributed by atoms with van der Waals surface area (Å²) in [6, 6.07) is 14.0. The van der Waals surface area contributed by atoms with Crippen LogP contribution in [0, 0.1) is 0 Å². The minimum atomic E-state index is -0.443. The van der Waals surface area contributed by atoms with Crippen LogP contribution in [-0.2, 0) is 16.1 Å². The first-order valence-corrected chi connectivity index (χ1v) is 11.3. The minimum Gasteiger partial charge on any atom is -0.368 e. The molecule has 2 amide bonds. The molecule has 0 unspecified atom stereocenters. The van der Waals surface area contributed by atoms with Gasteiger partial charge in [0.05, 0.1) is 17.4 Å². The molecule has 2 aromatic carbocycles. The summed E-state index contributed by atoms with van der Waals surface area (Å²) in [5, 5.41) is 3.36. The lowest BCUT2D eigenvalue weighted by atomic mass is 10.1. The van der Waals surface area contributed by atoms with Crippen LogP contribution >= 0.6 is 0 Å². The average molecular weight is 449 g/mol. The van der Waals surface area contributed by atoms with Crippen molar-refractivity contribution in [3.63, 3.8) is 0 Å². The highest BCUT2D eigenvalue weighted by molar-refractivity contribution is 5.98. The van der Waals surface area contributed by atoms with Gasteiger partial charge in [0.25, 0.3) is 17.4 Å². The van der Waals surface area contributed by atoms with Crippen molar-refractivity contribution in [2.24, 2.45) is 0 Å². The SMILES string of the molecule is CCCCN(Cc1nc2ccccc2c(=O)[nH]1)C(=O)c1cccc(NC(=O)[C@@H]2CCCO2)c1. The number of H-pyrrole nitrogens is 1. The minimum absolute atomic E-state index is 0.186. The molecule has 172 valence electrons. The summed E-state index contributed by atoms with van der Waals surface area (Å²) >= 11 is 0. The van der Waals surface area contributed by atoms with Crippen molar-refractivity contribution in [2.45, 2.75) is 45.3 Å². The van der Waals surface area contributed by atoms with Gasteiger partial charge in [-0.15, -0.1) is 0 Å². The van der Waals surface area contributed by atoms with Crippen LogP contribution in [0.15, 0.2) is 53.3 Å². The van der Waals surface area contributed by atoms with Crippen LogP contribution in [0.25, 0.3) is 10.9 Å². The summed E-state index contributed by atoms with van der Waals surface area (Å²) in [6.45, 7) is 3.36. The lowest BCUT2D eigenvalue weighted by Crippen LogP contribution is -2.33. The Morgan fingerprint density at radius 3 is 2.85 bits per heavy atom. The molecular weight excluding hydrogens is 420 g/mol. The van der Waals surface area contributed by atoms with Gasteiger partial charge < -0.3 is 19.9 Å². The van der Waals surface area contributed by atoms with E-state index in [1.54, 1.807) is 47.4 Å². The normalized spacial score (nSPS) is 15.5. The molecule has 1 fully saturated rings. The molecule has 1 aromatic heterocycles. The first kappa shape index (κ1) is 22.7. The van der Waals surface area contributed by atoms with Gasteiger partial charge in [-0.2, -0.15) is 0 Å². The predicted molar refractivity (Wildman–Crippen MR) is 126 cm³/mol. The van der Waals surface area contributed by atoms with Crippen molar-refractivity contribution in [1.29, 1.82) is 0 Å². The van der Waals surface area contributed by atoms with Gasteiger partial charge in [-0.05, 0) is 49.6 Å². The van der Waals surface area contributed by atoms with Crippen LogP contribution in [0.5, 0.6) is 0 Å². The summed E-state index contributed by atoms with van der Waals surface area (Å²) in [5.41, 5.74) is 1.38. The second-order valence-electron chi connectivity index (χ2n) is 8.18. The summed E-state index contributed by atoms with van der Waals surface area (Å²) in [5.74, 6) is 0.0522. The summed E-state index contributed by atoms with van der Waals surface area (Å²) in [7, 11) is 0. The molecule has 1 aliphatic heterocycles. The number of para-hydroxylation sites is 1. The van der Waals surface area contributed by atoms with E-state index in [4.69, 9.17) is 4.74 Å². The second-order valence-corrected chi connectivity index (χ2v) is 8.18. The van der Waals surface area contributed by atoms with Crippen LogP contribution < -0.4 is 10.9 Å². The smallest absolute Gasteiger partial charge is 0.258 e. The maximum absolute atomic E-state index is 13.4. The van der Waals surface area contributed by atoms with Crippen LogP contribution in [0.3, 0.4) is 0 Å². The number of benzene rings is 2. The zero-order valence-electron chi connectivity index (χ0n) is 18.7. The van der Waals surface area contributed by atoms with E-state index in [9.17, 15) is 14.4 Å². The molecule has 8 heteroatoms. The van der Waals surface area contributed by atoms with Crippen LogP contribution in [-0.4, -0.2) is 45.9 Å². The highest BCUT2D eigenvalue weighted by Crippen LogP contribution is 2.18. The average Bonchev–Trinajstić information content (AvgIpc) is 3.37. The molecule has 33 heavy (non-hydrogen) atoms. The standard InChI is InChI=1S/C25H28N4O4/c1-2-3-13-29(16-22-27-20-11-5-4-10-19(20)23(30)28-22)25(32)17-8-6-9-18(15-17)26-24(31)21-12-7-14-33-21/h4-6,8-11,15,21H,2-3,7,12-14,16H2,1H3,(H,26,31)(H,27,28,30)/t21-/m0/s1. The Morgan fingerprint density at radius 1 is 1.21 bits per heavy atom.